The molecular formula is C16H17NO3. The molecule has 2 aromatic carbocycles. The molecule has 0 saturated heterocycles. The first kappa shape index (κ1) is 13.9. The second-order valence-corrected chi connectivity index (χ2v) is 4.60. The lowest BCUT2D eigenvalue weighted by atomic mass is 10.1. The maximum Gasteiger partial charge on any atom is 0.262 e. The number of anilines is 1. The summed E-state index contributed by atoms with van der Waals surface area (Å²) in [5.41, 5.74) is 2.63. The summed E-state index contributed by atoms with van der Waals surface area (Å²) in [6, 6.07) is 12.1. The van der Waals surface area contributed by atoms with Crippen molar-refractivity contribution in [3.63, 3.8) is 0 Å². The van der Waals surface area contributed by atoms with E-state index in [1.807, 2.05) is 32.0 Å². The molecule has 4 heteroatoms. The smallest absolute Gasteiger partial charge is 0.262 e. The Morgan fingerprint density at radius 1 is 1.10 bits per heavy atom. The highest BCUT2D eigenvalue weighted by Gasteiger charge is 2.07. The first-order valence-corrected chi connectivity index (χ1v) is 6.34. The number of hydrogen-bond acceptors (Lipinski definition) is 3. The quantitative estimate of drug-likeness (QED) is 0.840. The number of carbonyl (C=O) groups is 1. The van der Waals surface area contributed by atoms with Crippen LogP contribution < -0.4 is 10.1 Å². The minimum absolute atomic E-state index is 0.0490. The van der Waals surface area contributed by atoms with E-state index < -0.39 is 0 Å². The van der Waals surface area contributed by atoms with E-state index in [1.165, 1.54) is 12.1 Å². The van der Waals surface area contributed by atoms with Gasteiger partial charge in [-0.2, -0.15) is 0 Å². The summed E-state index contributed by atoms with van der Waals surface area (Å²) in [5, 5.41) is 11.9. The number of hydrogen-bond donors (Lipinski definition) is 2. The molecule has 0 bridgehead atoms. The van der Waals surface area contributed by atoms with E-state index in [1.54, 1.807) is 12.1 Å². The number of rotatable bonds is 4. The molecule has 0 fully saturated rings. The van der Waals surface area contributed by atoms with Crippen molar-refractivity contribution in [3.05, 3.63) is 53.6 Å². The molecule has 0 spiro atoms. The van der Waals surface area contributed by atoms with Crippen LogP contribution in [0, 0.1) is 13.8 Å². The van der Waals surface area contributed by atoms with Gasteiger partial charge in [-0.3, -0.25) is 4.79 Å². The zero-order valence-corrected chi connectivity index (χ0v) is 11.5. The van der Waals surface area contributed by atoms with E-state index in [0.717, 1.165) is 16.9 Å². The summed E-state index contributed by atoms with van der Waals surface area (Å²) in [5.74, 6) is 0.668. The molecule has 0 heterocycles. The lowest BCUT2D eigenvalue weighted by Crippen LogP contribution is -2.20. The van der Waals surface area contributed by atoms with Crippen LogP contribution in [0.3, 0.4) is 0 Å². The van der Waals surface area contributed by atoms with Gasteiger partial charge in [0.25, 0.3) is 5.91 Å². The highest BCUT2D eigenvalue weighted by Crippen LogP contribution is 2.22. The fourth-order valence-electron chi connectivity index (χ4n) is 1.91. The van der Waals surface area contributed by atoms with Gasteiger partial charge in [0.15, 0.2) is 6.61 Å². The number of phenols is 1. The molecule has 4 nitrogen and oxygen atoms in total. The van der Waals surface area contributed by atoms with Crippen LogP contribution in [0.5, 0.6) is 11.5 Å². The predicted octanol–water partition coefficient (Wildman–Crippen LogP) is 3.03. The van der Waals surface area contributed by atoms with Gasteiger partial charge in [0.05, 0.1) is 0 Å². The zero-order chi connectivity index (χ0) is 14.5. The van der Waals surface area contributed by atoms with Crippen LogP contribution >= 0.6 is 0 Å². The first-order valence-electron chi connectivity index (χ1n) is 6.34. The molecule has 1 amide bonds. The molecule has 104 valence electrons. The Kier molecular flexibility index (Phi) is 4.25. The third-order valence-electron chi connectivity index (χ3n) is 2.91. The summed E-state index contributed by atoms with van der Waals surface area (Å²) in [7, 11) is 0. The van der Waals surface area contributed by atoms with Crippen molar-refractivity contribution < 1.29 is 14.6 Å². The molecule has 0 aliphatic rings. The zero-order valence-electron chi connectivity index (χ0n) is 11.5. The van der Waals surface area contributed by atoms with Gasteiger partial charge in [-0.05, 0) is 49.2 Å². The molecule has 0 aliphatic carbocycles. The Labute approximate surface area is 118 Å². The lowest BCUT2D eigenvalue weighted by Gasteiger charge is -2.12. The molecule has 2 N–H and O–H groups in total. The van der Waals surface area contributed by atoms with Crippen molar-refractivity contribution in [1.29, 1.82) is 0 Å². The number of phenolic OH excluding ortho intramolecular Hbond substituents is 1. The third kappa shape index (κ3) is 3.51. The SMILES string of the molecule is Cc1cccc(C)c1OCC(=O)Nc1ccc(O)cc1. The largest absolute Gasteiger partial charge is 0.508 e. The Balaban J connectivity index is 1.94. The molecule has 0 aliphatic heterocycles. The second-order valence-electron chi connectivity index (χ2n) is 4.60. The molecule has 2 aromatic rings. The molecule has 2 rings (SSSR count). The summed E-state index contributed by atoms with van der Waals surface area (Å²) >= 11 is 0. The van der Waals surface area contributed by atoms with Crippen LogP contribution in [0.2, 0.25) is 0 Å². The van der Waals surface area contributed by atoms with Crippen molar-refractivity contribution in [2.75, 3.05) is 11.9 Å². The van der Waals surface area contributed by atoms with E-state index in [4.69, 9.17) is 9.84 Å². The second kappa shape index (κ2) is 6.10. The van der Waals surface area contributed by atoms with Gasteiger partial charge in [-0.15, -0.1) is 0 Å². The van der Waals surface area contributed by atoms with Gasteiger partial charge in [0.1, 0.15) is 11.5 Å². The van der Waals surface area contributed by atoms with Crippen molar-refractivity contribution in [2.24, 2.45) is 0 Å². The fraction of sp³-hybridized carbons (Fsp3) is 0.188. The number of nitrogens with one attached hydrogen (secondary N) is 1. The summed E-state index contributed by atoms with van der Waals surface area (Å²) in [4.78, 5) is 11.8. The minimum Gasteiger partial charge on any atom is -0.508 e. The average Bonchev–Trinajstić information content (AvgIpc) is 2.41. The monoisotopic (exact) mass is 271 g/mol. The van der Waals surface area contributed by atoms with Crippen LogP contribution in [-0.2, 0) is 4.79 Å². The molecular weight excluding hydrogens is 254 g/mol. The van der Waals surface area contributed by atoms with Crippen LogP contribution in [0.4, 0.5) is 5.69 Å². The van der Waals surface area contributed by atoms with E-state index in [2.05, 4.69) is 5.32 Å². The topological polar surface area (TPSA) is 58.6 Å². The van der Waals surface area contributed by atoms with Crippen LogP contribution in [0.25, 0.3) is 0 Å². The molecule has 0 unspecified atom stereocenters. The predicted molar refractivity (Wildman–Crippen MR) is 78.1 cm³/mol. The average molecular weight is 271 g/mol. The highest BCUT2D eigenvalue weighted by molar-refractivity contribution is 5.91. The van der Waals surface area contributed by atoms with Gasteiger partial charge in [0.2, 0.25) is 0 Å². The van der Waals surface area contributed by atoms with Gasteiger partial charge < -0.3 is 15.2 Å². The lowest BCUT2D eigenvalue weighted by molar-refractivity contribution is -0.118. The molecule has 0 atom stereocenters. The molecule has 0 radical (unpaired) electrons. The first-order chi connectivity index (χ1) is 9.56. The standard InChI is InChI=1S/C16H17NO3/c1-11-4-3-5-12(2)16(11)20-10-15(19)17-13-6-8-14(18)9-7-13/h3-9,18H,10H2,1-2H3,(H,17,19). The van der Waals surface area contributed by atoms with Gasteiger partial charge in [-0.1, -0.05) is 18.2 Å². The number of benzene rings is 2. The van der Waals surface area contributed by atoms with E-state index in [9.17, 15) is 4.79 Å². The minimum atomic E-state index is -0.238. The fourth-order valence-corrected chi connectivity index (χ4v) is 1.91. The number of aromatic hydroxyl groups is 1. The van der Waals surface area contributed by atoms with Crippen molar-refractivity contribution in [1.82, 2.24) is 0 Å². The van der Waals surface area contributed by atoms with Crippen LogP contribution in [0.1, 0.15) is 11.1 Å². The van der Waals surface area contributed by atoms with E-state index in [-0.39, 0.29) is 18.3 Å². The van der Waals surface area contributed by atoms with Crippen molar-refractivity contribution in [3.8, 4) is 11.5 Å². The summed E-state index contributed by atoms with van der Waals surface area (Å²) in [6.07, 6.45) is 0. The number of carbonyl (C=O) groups excluding carboxylic acids is 1. The summed E-state index contributed by atoms with van der Waals surface area (Å²) < 4.78 is 5.56. The van der Waals surface area contributed by atoms with Crippen molar-refractivity contribution >= 4 is 11.6 Å². The van der Waals surface area contributed by atoms with E-state index >= 15 is 0 Å². The van der Waals surface area contributed by atoms with Crippen LogP contribution in [0.15, 0.2) is 42.5 Å². The van der Waals surface area contributed by atoms with Gasteiger partial charge in [0, 0.05) is 5.69 Å². The Hall–Kier alpha value is -2.49. The maximum atomic E-state index is 11.8. The molecule has 0 aromatic heterocycles. The van der Waals surface area contributed by atoms with Crippen molar-refractivity contribution in [2.45, 2.75) is 13.8 Å². The van der Waals surface area contributed by atoms with Gasteiger partial charge >= 0.3 is 0 Å². The Morgan fingerprint density at radius 3 is 2.30 bits per heavy atom. The number of para-hydroxylation sites is 1. The maximum absolute atomic E-state index is 11.8. The normalized spacial score (nSPS) is 10.1. The van der Waals surface area contributed by atoms with E-state index in [0.29, 0.717) is 5.69 Å². The Morgan fingerprint density at radius 2 is 1.70 bits per heavy atom. The molecule has 0 saturated carbocycles. The Bertz CT molecular complexity index is 585. The highest BCUT2D eigenvalue weighted by atomic mass is 16.5. The number of amides is 1. The number of ether oxygens (including phenoxy) is 1. The van der Waals surface area contributed by atoms with Crippen LogP contribution in [-0.4, -0.2) is 17.6 Å². The summed E-state index contributed by atoms with van der Waals surface area (Å²) in [6.45, 7) is 3.84. The number of aryl methyl sites for hydroxylation is 2. The molecule has 20 heavy (non-hydrogen) atoms. The third-order valence-corrected chi connectivity index (χ3v) is 2.91. The van der Waals surface area contributed by atoms with Gasteiger partial charge in [-0.25, -0.2) is 0 Å².